The van der Waals surface area contributed by atoms with Crippen molar-refractivity contribution in [2.45, 2.75) is 0 Å². The van der Waals surface area contributed by atoms with Crippen LogP contribution in [0.1, 0.15) is 14.5 Å². The Labute approximate surface area is 103 Å². The normalized spacial score (nSPS) is 10.7. The van der Waals surface area contributed by atoms with Gasteiger partial charge < -0.3 is 15.1 Å². The van der Waals surface area contributed by atoms with Crippen molar-refractivity contribution in [3.63, 3.8) is 0 Å². The van der Waals surface area contributed by atoms with Crippen LogP contribution in [0, 0.1) is 0 Å². The molecule has 0 saturated carbocycles. The minimum atomic E-state index is -1.02. The van der Waals surface area contributed by atoms with E-state index in [0.717, 1.165) is 6.08 Å². The van der Waals surface area contributed by atoms with Gasteiger partial charge in [-0.2, -0.15) is 0 Å². The van der Waals surface area contributed by atoms with Gasteiger partial charge in [0.05, 0.1) is 11.5 Å². The minimum Gasteiger partial charge on any atom is -0.478 e. The molecule has 0 bridgehead atoms. The molecule has 0 saturated heterocycles. The number of carbonyl (C=O) groups excluding carboxylic acids is 1. The number of carboxylic acids is 1. The van der Waals surface area contributed by atoms with Gasteiger partial charge in [-0.15, -0.1) is 11.3 Å². The first-order valence-corrected chi connectivity index (χ1v) is 5.73. The average Bonchev–Trinajstić information content (AvgIpc) is 2.74. The van der Waals surface area contributed by atoms with Crippen LogP contribution in [0.2, 0.25) is 0 Å². The third-order valence-electron chi connectivity index (χ3n) is 2.01. The predicted molar refractivity (Wildman–Crippen MR) is 65.0 cm³/mol. The molecule has 0 atom stereocenters. The molecule has 0 fully saturated rings. The molecule has 0 spiro atoms. The smallest absolute Gasteiger partial charge is 0.328 e. The fourth-order valence-electron chi connectivity index (χ4n) is 1.15. The molecule has 1 aromatic heterocycles. The van der Waals surface area contributed by atoms with Gasteiger partial charge in [0, 0.05) is 24.5 Å². The maximum Gasteiger partial charge on any atom is 0.328 e. The Morgan fingerprint density at radius 3 is 2.76 bits per heavy atom. The first kappa shape index (κ1) is 13.4. The largest absolute Gasteiger partial charge is 0.478 e. The van der Waals surface area contributed by atoms with E-state index in [1.165, 1.54) is 22.3 Å². The number of aliphatic hydroxyl groups is 1. The molecule has 1 rings (SSSR count). The van der Waals surface area contributed by atoms with Crippen LogP contribution in [0.15, 0.2) is 18.2 Å². The van der Waals surface area contributed by atoms with Crippen molar-refractivity contribution < 1.29 is 19.8 Å². The number of likely N-dealkylation sites (N-methyl/N-ethyl adjacent to an activating group) is 1. The van der Waals surface area contributed by atoms with E-state index in [0.29, 0.717) is 9.75 Å². The van der Waals surface area contributed by atoms with Gasteiger partial charge in [-0.25, -0.2) is 4.79 Å². The number of hydrogen-bond donors (Lipinski definition) is 2. The molecule has 0 radical (unpaired) electrons. The summed E-state index contributed by atoms with van der Waals surface area (Å²) in [6, 6.07) is 3.33. The number of carboxylic acid groups (broad SMARTS) is 1. The summed E-state index contributed by atoms with van der Waals surface area (Å²) in [6.45, 7) is 0.191. The van der Waals surface area contributed by atoms with Gasteiger partial charge in [0.25, 0.3) is 5.91 Å². The van der Waals surface area contributed by atoms with Crippen molar-refractivity contribution in [1.82, 2.24) is 4.90 Å². The lowest BCUT2D eigenvalue weighted by Gasteiger charge is -2.13. The van der Waals surface area contributed by atoms with Gasteiger partial charge in [-0.3, -0.25) is 4.79 Å². The second-order valence-corrected chi connectivity index (χ2v) is 4.44. The zero-order valence-corrected chi connectivity index (χ0v) is 10.1. The van der Waals surface area contributed by atoms with Gasteiger partial charge in [0.2, 0.25) is 0 Å². The molecule has 1 amide bonds. The first-order valence-electron chi connectivity index (χ1n) is 4.91. The predicted octanol–water partition coefficient (Wildman–Crippen LogP) is 0.910. The van der Waals surface area contributed by atoms with Crippen LogP contribution in [-0.2, 0) is 4.79 Å². The zero-order chi connectivity index (χ0) is 12.8. The topological polar surface area (TPSA) is 77.8 Å². The third-order valence-corrected chi connectivity index (χ3v) is 3.05. The molecule has 0 aliphatic rings. The second kappa shape index (κ2) is 6.17. The Bertz CT molecular complexity index is 438. The molecule has 0 aromatic carbocycles. The Morgan fingerprint density at radius 1 is 1.47 bits per heavy atom. The minimum absolute atomic E-state index is 0.0839. The van der Waals surface area contributed by atoms with E-state index < -0.39 is 5.97 Å². The highest BCUT2D eigenvalue weighted by atomic mass is 32.1. The number of rotatable bonds is 5. The first-order chi connectivity index (χ1) is 8.04. The molecular formula is C11H13NO4S. The van der Waals surface area contributed by atoms with Gasteiger partial charge in [0.1, 0.15) is 0 Å². The number of aliphatic hydroxyl groups excluding tert-OH is 1. The van der Waals surface area contributed by atoms with E-state index in [4.69, 9.17) is 10.2 Å². The number of hydrogen-bond acceptors (Lipinski definition) is 4. The lowest BCUT2D eigenvalue weighted by molar-refractivity contribution is -0.131. The van der Waals surface area contributed by atoms with Crippen molar-refractivity contribution in [1.29, 1.82) is 0 Å². The van der Waals surface area contributed by atoms with Crippen molar-refractivity contribution in [2.24, 2.45) is 0 Å². The van der Waals surface area contributed by atoms with Crippen molar-refractivity contribution in [3.05, 3.63) is 28.0 Å². The monoisotopic (exact) mass is 255 g/mol. The SMILES string of the molecule is CN(CCO)C(=O)c1ccc(/C=C/C(=O)O)s1. The van der Waals surface area contributed by atoms with Gasteiger partial charge >= 0.3 is 5.97 Å². The highest BCUT2D eigenvalue weighted by Gasteiger charge is 2.12. The summed E-state index contributed by atoms with van der Waals surface area (Å²) in [5, 5.41) is 17.2. The van der Waals surface area contributed by atoms with Crippen LogP contribution in [-0.4, -0.2) is 47.2 Å². The van der Waals surface area contributed by atoms with Crippen molar-refractivity contribution in [3.8, 4) is 0 Å². The highest BCUT2D eigenvalue weighted by Crippen LogP contribution is 2.19. The van der Waals surface area contributed by atoms with E-state index in [1.54, 1.807) is 19.2 Å². The molecule has 0 aliphatic carbocycles. The lowest BCUT2D eigenvalue weighted by atomic mass is 10.3. The molecule has 1 aromatic rings. The number of nitrogens with zero attached hydrogens (tertiary/aromatic N) is 1. The number of carbonyl (C=O) groups is 2. The van der Waals surface area contributed by atoms with E-state index in [-0.39, 0.29) is 19.1 Å². The van der Waals surface area contributed by atoms with Crippen LogP contribution >= 0.6 is 11.3 Å². The standard InChI is InChI=1S/C11H13NO4S/c1-12(6-7-13)11(16)9-4-2-8(17-9)3-5-10(14)15/h2-5,13H,6-7H2,1H3,(H,14,15)/b5-3+. The van der Waals surface area contributed by atoms with E-state index in [9.17, 15) is 9.59 Å². The molecule has 1 heterocycles. The third kappa shape index (κ3) is 4.01. The van der Waals surface area contributed by atoms with E-state index >= 15 is 0 Å². The molecule has 17 heavy (non-hydrogen) atoms. The van der Waals surface area contributed by atoms with Gasteiger partial charge in [-0.05, 0) is 18.2 Å². The van der Waals surface area contributed by atoms with Crippen molar-refractivity contribution >= 4 is 29.3 Å². The maximum absolute atomic E-state index is 11.8. The Balaban J connectivity index is 2.74. The highest BCUT2D eigenvalue weighted by molar-refractivity contribution is 7.14. The summed E-state index contributed by atoms with van der Waals surface area (Å²) in [7, 11) is 1.60. The van der Waals surface area contributed by atoms with Crippen LogP contribution in [0.5, 0.6) is 0 Å². The van der Waals surface area contributed by atoms with E-state index in [1.807, 2.05) is 0 Å². The molecule has 0 aliphatic heterocycles. The maximum atomic E-state index is 11.8. The zero-order valence-electron chi connectivity index (χ0n) is 9.29. The number of aliphatic carboxylic acids is 1. The number of thiophene rings is 1. The van der Waals surface area contributed by atoms with Crippen LogP contribution < -0.4 is 0 Å². The molecule has 5 nitrogen and oxygen atoms in total. The fraction of sp³-hybridized carbons (Fsp3) is 0.273. The Morgan fingerprint density at radius 2 is 2.18 bits per heavy atom. The summed E-state index contributed by atoms with van der Waals surface area (Å²) in [4.78, 5) is 24.7. The molecule has 0 unspecified atom stereocenters. The second-order valence-electron chi connectivity index (χ2n) is 3.32. The Hall–Kier alpha value is -1.66. The summed E-state index contributed by atoms with van der Waals surface area (Å²) >= 11 is 1.21. The molecular weight excluding hydrogens is 242 g/mol. The summed E-state index contributed by atoms with van der Waals surface area (Å²) in [5.74, 6) is -1.21. The summed E-state index contributed by atoms with van der Waals surface area (Å²) in [6.07, 6.45) is 2.47. The van der Waals surface area contributed by atoms with Crippen molar-refractivity contribution in [2.75, 3.05) is 20.2 Å². The summed E-state index contributed by atoms with van der Waals surface area (Å²) in [5.41, 5.74) is 0. The average molecular weight is 255 g/mol. The number of amides is 1. The van der Waals surface area contributed by atoms with Crippen LogP contribution in [0.3, 0.4) is 0 Å². The van der Waals surface area contributed by atoms with E-state index in [2.05, 4.69) is 0 Å². The van der Waals surface area contributed by atoms with Gasteiger partial charge in [0.15, 0.2) is 0 Å². The quantitative estimate of drug-likeness (QED) is 0.767. The Kier molecular flexibility index (Phi) is 4.86. The molecule has 6 heteroatoms. The fourth-order valence-corrected chi connectivity index (χ4v) is 2.06. The van der Waals surface area contributed by atoms with Gasteiger partial charge in [-0.1, -0.05) is 0 Å². The lowest BCUT2D eigenvalue weighted by Crippen LogP contribution is -2.28. The molecule has 92 valence electrons. The summed E-state index contributed by atoms with van der Waals surface area (Å²) < 4.78 is 0. The van der Waals surface area contributed by atoms with Crippen LogP contribution in [0.4, 0.5) is 0 Å². The van der Waals surface area contributed by atoms with Crippen LogP contribution in [0.25, 0.3) is 6.08 Å². The molecule has 2 N–H and O–H groups in total.